The summed E-state index contributed by atoms with van der Waals surface area (Å²) in [5.74, 6) is 1.61. The van der Waals surface area contributed by atoms with Gasteiger partial charge in [0, 0.05) is 11.3 Å². The molecule has 1 aliphatic rings. The molecule has 0 N–H and O–H groups in total. The van der Waals surface area contributed by atoms with Gasteiger partial charge >= 0.3 is 0 Å². The smallest absolute Gasteiger partial charge is 0.244 e. The van der Waals surface area contributed by atoms with Crippen LogP contribution in [0.3, 0.4) is 0 Å². The van der Waals surface area contributed by atoms with Crippen LogP contribution in [0.1, 0.15) is 30.9 Å². The molecule has 26 heavy (non-hydrogen) atoms. The van der Waals surface area contributed by atoms with Crippen molar-refractivity contribution in [1.82, 2.24) is 0 Å². The molecule has 0 amide bonds. The Labute approximate surface area is 162 Å². The molecular formula is C21H21NO2S2. The van der Waals surface area contributed by atoms with Gasteiger partial charge in [0.25, 0.3) is 0 Å². The molecule has 0 bridgehead atoms. The highest BCUT2D eigenvalue weighted by Gasteiger charge is 2.22. The highest BCUT2D eigenvalue weighted by molar-refractivity contribution is 8.45. The van der Waals surface area contributed by atoms with E-state index in [0.29, 0.717) is 12.3 Å². The number of unbranched alkanes of at least 4 members (excludes halogenated alkanes) is 1. The average molecular weight is 384 g/mol. The van der Waals surface area contributed by atoms with Gasteiger partial charge in [-0.25, -0.2) is 4.99 Å². The fraction of sp³-hybridized carbons (Fsp3) is 0.238. The van der Waals surface area contributed by atoms with Gasteiger partial charge in [0.2, 0.25) is 5.12 Å². The largest absolute Gasteiger partial charge is 0.493 e. The van der Waals surface area contributed by atoms with Crippen LogP contribution in [-0.4, -0.2) is 16.1 Å². The number of aliphatic imine (C=N–C) groups is 1. The summed E-state index contributed by atoms with van der Waals surface area (Å²) in [5, 5.41) is -0.0103. The van der Waals surface area contributed by atoms with Crippen molar-refractivity contribution >= 4 is 39.1 Å². The van der Waals surface area contributed by atoms with Gasteiger partial charge in [-0.3, -0.25) is 4.79 Å². The summed E-state index contributed by atoms with van der Waals surface area (Å²) in [6, 6.07) is 18.0. The normalized spacial score (nSPS) is 15.3. The second-order valence-electron chi connectivity index (χ2n) is 5.81. The first-order chi connectivity index (χ1) is 12.8. The van der Waals surface area contributed by atoms with Crippen LogP contribution in [-0.2, 0) is 10.5 Å². The van der Waals surface area contributed by atoms with Crippen LogP contribution in [0.5, 0.6) is 5.75 Å². The monoisotopic (exact) mass is 383 g/mol. The summed E-state index contributed by atoms with van der Waals surface area (Å²) in [7, 11) is 0. The Bertz CT molecular complexity index is 816. The van der Waals surface area contributed by atoms with Crippen molar-refractivity contribution in [3.8, 4) is 5.75 Å². The van der Waals surface area contributed by atoms with Crippen molar-refractivity contribution < 1.29 is 9.53 Å². The van der Waals surface area contributed by atoms with E-state index >= 15 is 0 Å². The maximum atomic E-state index is 12.3. The molecule has 1 heterocycles. The fourth-order valence-corrected chi connectivity index (χ4v) is 4.17. The van der Waals surface area contributed by atoms with Crippen molar-refractivity contribution in [3.63, 3.8) is 0 Å². The van der Waals surface area contributed by atoms with Gasteiger partial charge in [-0.1, -0.05) is 73.6 Å². The predicted molar refractivity (Wildman–Crippen MR) is 113 cm³/mol. The molecule has 0 unspecified atom stereocenters. The highest BCUT2D eigenvalue weighted by atomic mass is 32.2. The molecule has 0 saturated heterocycles. The lowest BCUT2D eigenvalue weighted by atomic mass is 10.1. The first kappa shape index (κ1) is 18.8. The summed E-state index contributed by atoms with van der Waals surface area (Å²) in [5.41, 5.74) is 2.60. The Hall–Kier alpha value is -1.98. The summed E-state index contributed by atoms with van der Waals surface area (Å²) in [6.07, 6.45) is 3.93. The van der Waals surface area contributed by atoms with E-state index in [9.17, 15) is 4.79 Å². The van der Waals surface area contributed by atoms with E-state index in [-0.39, 0.29) is 5.12 Å². The van der Waals surface area contributed by atoms with E-state index in [1.165, 1.54) is 17.3 Å². The number of thioether (sulfide) groups is 2. The zero-order chi connectivity index (χ0) is 18.2. The van der Waals surface area contributed by atoms with E-state index < -0.39 is 0 Å². The number of para-hydroxylation sites is 1. The maximum Gasteiger partial charge on any atom is 0.244 e. The topological polar surface area (TPSA) is 38.7 Å². The predicted octanol–water partition coefficient (Wildman–Crippen LogP) is 5.77. The minimum absolute atomic E-state index is 0.0103. The first-order valence-electron chi connectivity index (χ1n) is 8.67. The van der Waals surface area contributed by atoms with Crippen molar-refractivity contribution in [1.29, 1.82) is 0 Å². The van der Waals surface area contributed by atoms with Crippen molar-refractivity contribution in [2.24, 2.45) is 4.99 Å². The number of benzene rings is 2. The van der Waals surface area contributed by atoms with Gasteiger partial charge < -0.3 is 4.74 Å². The third-order valence-corrected chi connectivity index (χ3v) is 5.85. The van der Waals surface area contributed by atoms with Gasteiger partial charge in [-0.2, -0.15) is 0 Å². The SMILES string of the molecule is CCCCOc1ccccc1C=C1N=C(SCc2ccccc2)SC1=O. The zero-order valence-electron chi connectivity index (χ0n) is 14.7. The lowest BCUT2D eigenvalue weighted by Gasteiger charge is -2.08. The van der Waals surface area contributed by atoms with Crippen LogP contribution in [0.15, 0.2) is 65.3 Å². The molecule has 1 aliphatic heterocycles. The van der Waals surface area contributed by atoms with Crippen LogP contribution < -0.4 is 4.74 Å². The molecule has 3 rings (SSSR count). The van der Waals surface area contributed by atoms with Gasteiger partial charge in [0.15, 0.2) is 0 Å². The van der Waals surface area contributed by atoms with Gasteiger partial charge in [0.1, 0.15) is 15.8 Å². The summed E-state index contributed by atoms with van der Waals surface area (Å²) in [6.45, 7) is 2.82. The molecule has 0 atom stereocenters. The number of rotatable bonds is 7. The van der Waals surface area contributed by atoms with Crippen LogP contribution in [0.2, 0.25) is 0 Å². The number of carbonyl (C=O) groups excluding carboxylic acids is 1. The van der Waals surface area contributed by atoms with Gasteiger partial charge in [0.05, 0.1) is 6.61 Å². The van der Waals surface area contributed by atoms with E-state index in [1.807, 2.05) is 48.5 Å². The molecule has 0 fully saturated rings. The molecule has 0 spiro atoms. The summed E-state index contributed by atoms with van der Waals surface area (Å²) < 4.78 is 6.64. The lowest BCUT2D eigenvalue weighted by Crippen LogP contribution is -1.98. The van der Waals surface area contributed by atoms with Gasteiger partial charge in [-0.15, -0.1) is 0 Å². The molecule has 2 aromatic carbocycles. The highest BCUT2D eigenvalue weighted by Crippen LogP contribution is 2.33. The van der Waals surface area contributed by atoms with Crippen molar-refractivity contribution in [3.05, 3.63) is 71.4 Å². The Morgan fingerprint density at radius 2 is 1.88 bits per heavy atom. The third-order valence-electron chi connectivity index (χ3n) is 3.77. The molecule has 0 saturated carbocycles. The van der Waals surface area contributed by atoms with Crippen LogP contribution >= 0.6 is 23.5 Å². The molecule has 3 nitrogen and oxygen atoms in total. The third kappa shape index (κ3) is 5.26. The van der Waals surface area contributed by atoms with E-state index in [4.69, 9.17) is 4.74 Å². The Morgan fingerprint density at radius 3 is 2.69 bits per heavy atom. The summed E-state index contributed by atoms with van der Waals surface area (Å²) in [4.78, 5) is 16.8. The number of carbonyl (C=O) groups is 1. The standard InChI is InChI=1S/C21H21NO2S2/c1-2-3-13-24-19-12-8-7-11-17(19)14-18-20(23)26-21(22-18)25-15-16-9-5-4-6-10-16/h4-12,14H,2-3,13,15H2,1H3. The summed E-state index contributed by atoms with van der Waals surface area (Å²) >= 11 is 2.80. The lowest BCUT2D eigenvalue weighted by molar-refractivity contribution is -0.107. The molecule has 0 radical (unpaired) electrons. The molecular weight excluding hydrogens is 362 g/mol. The average Bonchev–Trinajstić information content (AvgIpc) is 3.02. The minimum atomic E-state index is -0.0103. The maximum absolute atomic E-state index is 12.3. The van der Waals surface area contributed by atoms with E-state index in [0.717, 1.165) is 34.3 Å². The Kier molecular flexibility index (Phi) is 6.97. The molecule has 134 valence electrons. The van der Waals surface area contributed by atoms with E-state index in [1.54, 1.807) is 11.8 Å². The molecule has 5 heteroatoms. The molecule has 2 aromatic rings. The first-order valence-corrected chi connectivity index (χ1v) is 10.5. The quantitative estimate of drug-likeness (QED) is 0.449. The number of hydrogen-bond acceptors (Lipinski definition) is 5. The molecule has 0 aromatic heterocycles. The second-order valence-corrected chi connectivity index (χ2v) is 8.00. The van der Waals surface area contributed by atoms with Crippen LogP contribution in [0.25, 0.3) is 6.08 Å². The van der Waals surface area contributed by atoms with Crippen molar-refractivity contribution in [2.75, 3.05) is 6.61 Å². The number of ether oxygens (including phenoxy) is 1. The second kappa shape index (κ2) is 9.64. The number of nitrogens with zero attached hydrogens (tertiary/aromatic N) is 1. The fourth-order valence-electron chi connectivity index (χ4n) is 2.38. The zero-order valence-corrected chi connectivity index (χ0v) is 16.3. The van der Waals surface area contributed by atoms with Crippen LogP contribution in [0.4, 0.5) is 0 Å². The number of hydrogen-bond donors (Lipinski definition) is 0. The Balaban J connectivity index is 1.70. The van der Waals surface area contributed by atoms with Crippen LogP contribution in [0, 0.1) is 0 Å². The molecule has 0 aliphatic carbocycles. The van der Waals surface area contributed by atoms with E-state index in [2.05, 4.69) is 24.0 Å². The van der Waals surface area contributed by atoms with Crippen molar-refractivity contribution in [2.45, 2.75) is 25.5 Å². The minimum Gasteiger partial charge on any atom is -0.493 e. The van der Waals surface area contributed by atoms with Gasteiger partial charge in [-0.05, 0) is 35.9 Å². The Morgan fingerprint density at radius 1 is 1.12 bits per heavy atom.